The molecule has 3 rings (SSSR count). The Bertz CT molecular complexity index is 770. The first-order valence-corrected chi connectivity index (χ1v) is 8.71. The summed E-state index contributed by atoms with van der Waals surface area (Å²) in [5.41, 5.74) is 0.882. The second kappa shape index (κ2) is 6.31. The van der Waals surface area contributed by atoms with Gasteiger partial charge in [0, 0.05) is 18.4 Å². The van der Waals surface area contributed by atoms with Crippen molar-refractivity contribution in [3.8, 4) is 5.75 Å². The lowest BCUT2D eigenvalue weighted by Crippen LogP contribution is -2.43. The number of morpholine rings is 1. The molecule has 0 unspecified atom stereocenters. The Morgan fingerprint density at radius 2 is 2.09 bits per heavy atom. The number of methoxy groups -OCH3 is 1. The molecule has 1 atom stereocenters. The summed E-state index contributed by atoms with van der Waals surface area (Å²) in [5.74, 6) is 1.21. The highest BCUT2D eigenvalue weighted by Crippen LogP contribution is 2.29. The van der Waals surface area contributed by atoms with Gasteiger partial charge in [0.25, 0.3) is 0 Å². The Hall–Kier alpha value is -1.90. The van der Waals surface area contributed by atoms with Gasteiger partial charge in [0.15, 0.2) is 0 Å². The molecular weight excluding hydrogens is 318 g/mol. The van der Waals surface area contributed by atoms with Gasteiger partial charge in [0.1, 0.15) is 17.6 Å². The third-order valence-electron chi connectivity index (χ3n) is 3.78. The van der Waals surface area contributed by atoms with E-state index < -0.39 is 16.1 Å². The molecule has 0 radical (unpaired) electrons. The normalized spacial score (nSPS) is 19.7. The van der Waals surface area contributed by atoms with Crippen LogP contribution in [-0.2, 0) is 14.8 Å². The number of aromatic amines is 1. The largest absolute Gasteiger partial charge is 0.497 e. The van der Waals surface area contributed by atoms with Gasteiger partial charge < -0.3 is 14.5 Å². The summed E-state index contributed by atoms with van der Waals surface area (Å²) in [6.45, 7) is 2.81. The van der Waals surface area contributed by atoms with Crippen molar-refractivity contribution in [3.63, 3.8) is 0 Å². The third kappa shape index (κ3) is 3.10. The van der Waals surface area contributed by atoms with E-state index in [1.807, 2.05) is 6.92 Å². The maximum atomic E-state index is 13.0. The number of nitrogens with one attached hydrogen (secondary N) is 1. The van der Waals surface area contributed by atoms with Crippen molar-refractivity contribution in [1.82, 2.24) is 14.3 Å². The Morgan fingerprint density at radius 1 is 1.35 bits per heavy atom. The maximum Gasteiger partial charge on any atom is 0.243 e. The summed E-state index contributed by atoms with van der Waals surface area (Å²) >= 11 is 0. The highest BCUT2D eigenvalue weighted by molar-refractivity contribution is 7.89. The number of rotatable bonds is 4. The van der Waals surface area contributed by atoms with Gasteiger partial charge in [0.05, 0.1) is 25.2 Å². The molecule has 7 nitrogen and oxygen atoms in total. The summed E-state index contributed by atoms with van der Waals surface area (Å²) in [4.78, 5) is 7.59. The first kappa shape index (κ1) is 16.0. The zero-order chi connectivity index (χ0) is 16.4. The number of aryl methyl sites for hydroxylation is 1. The van der Waals surface area contributed by atoms with Crippen molar-refractivity contribution in [2.45, 2.75) is 17.9 Å². The highest BCUT2D eigenvalue weighted by Gasteiger charge is 2.36. The minimum absolute atomic E-state index is 0.230. The first-order valence-electron chi connectivity index (χ1n) is 7.27. The zero-order valence-corrected chi connectivity index (χ0v) is 13.8. The van der Waals surface area contributed by atoms with Crippen molar-refractivity contribution in [2.24, 2.45) is 0 Å². The number of imidazole rings is 1. The van der Waals surface area contributed by atoms with E-state index in [9.17, 15) is 8.42 Å². The van der Waals surface area contributed by atoms with E-state index in [1.165, 1.54) is 4.31 Å². The molecule has 124 valence electrons. The lowest BCUT2D eigenvalue weighted by Gasteiger charge is -2.33. The van der Waals surface area contributed by atoms with E-state index >= 15 is 0 Å². The molecule has 2 aromatic rings. The molecule has 0 spiro atoms. The molecule has 23 heavy (non-hydrogen) atoms. The molecule has 1 saturated heterocycles. The number of hydrogen-bond acceptors (Lipinski definition) is 5. The van der Waals surface area contributed by atoms with Crippen molar-refractivity contribution < 1.29 is 17.9 Å². The van der Waals surface area contributed by atoms with Crippen LogP contribution in [0.3, 0.4) is 0 Å². The van der Waals surface area contributed by atoms with Crippen LogP contribution in [-0.4, -0.2) is 49.6 Å². The summed E-state index contributed by atoms with van der Waals surface area (Å²) in [6.07, 6.45) is 1.68. The van der Waals surface area contributed by atoms with Crippen molar-refractivity contribution in [2.75, 3.05) is 26.9 Å². The monoisotopic (exact) mass is 337 g/mol. The van der Waals surface area contributed by atoms with Crippen molar-refractivity contribution in [1.29, 1.82) is 0 Å². The average molecular weight is 337 g/mol. The van der Waals surface area contributed by atoms with Crippen molar-refractivity contribution >= 4 is 10.0 Å². The van der Waals surface area contributed by atoms with Crippen LogP contribution in [0.5, 0.6) is 5.75 Å². The molecule has 1 N–H and O–H groups in total. The molecule has 0 bridgehead atoms. The minimum Gasteiger partial charge on any atom is -0.497 e. The van der Waals surface area contributed by atoms with Gasteiger partial charge in [-0.1, -0.05) is 0 Å². The van der Waals surface area contributed by atoms with Crippen LogP contribution in [0.4, 0.5) is 0 Å². The third-order valence-corrected chi connectivity index (χ3v) is 5.71. The standard InChI is InChI=1S/C15H19N3O4S/c1-11-9-16-15(17-11)14-10-22-8-7-18(14)23(19,20)13-5-3-12(21-2)4-6-13/h3-6,9,14H,7-8,10H2,1-2H3,(H,16,17)/t14-/m0/s1. The molecule has 8 heteroatoms. The molecule has 0 amide bonds. The van der Waals surface area contributed by atoms with Crippen LogP contribution >= 0.6 is 0 Å². The van der Waals surface area contributed by atoms with E-state index in [1.54, 1.807) is 37.6 Å². The van der Waals surface area contributed by atoms with Crippen LogP contribution < -0.4 is 4.74 Å². The van der Waals surface area contributed by atoms with Gasteiger partial charge in [-0.05, 0) is 31.2 Å². The van der Waals surface area contributed by atoms with Gasteiger partial charge >= 0.3 is 0 Å². The quantitative estimate of drug-likeness (QED) is 0.914. The Balaban J connectivity index is 1.95. The molecule has 1 fully saturated rings. The fourth-order valence-electron chi connectivity index (χ4n) is 2.58. The zero-order valence-electron chi connectivity index (χ0n) is 13.0. The predicted octanol–water partition coefficient (Wildman–Crippen LogP) is 1.49. The summed E-state index contributed by atoms with van der Waals surface area (Å²) < 4.78 is 37.9. The van der Waals surface area contributed by atoms with E-state index in [4.69, 9.17) is 9.47 Å². The lowest BCUT2D eigenvalue weighted by molar-refractivity contribution is 0.0292. The van der Waals surface area contributed by atoms with E-state index in [-0.39, 0.29) is 11.5 Å². The minimum atomic E-state index is -3.64. The molecule has 1 aromatic heterocycles. The number of ether oxygens (including phenoxy) is 2. The Morgan fingerprint density at radius 3 is 2.70 bits per heavy atom. The second-order valence-electron chi connectivity index (χ2n) is 5.33. The molecule has 0 aliphatic carbocycles. The molecule has 1 aromatic carbocycles. The lowest BCUT2D eigenvalue weighted by atomic mass is 10.2. The highest BCUT2D eigenvalue weighted by atomic mass is 32.2. The molecule has 1 aliphatic heterocycles. The van der Waals surface area contributed by atoms with E-state index in [0.29, 0.717) is 24.7 Å². The predicted molar refractivity (Wildman–Crippen MR) is 83.8 cm³/mol. The summed E-state index contributed by atoms with van der Waals surface area (Å²) in [6, 6.07) is 5.92. The smallest absolute Gasteiger partial charge is 0.243 e. The molecule has 1 aliphatic rings. The maximum absolute atomic E-state index is 13.0. The molecule has 2 heterocycles. The average Bonchev–Trinajstić information content (AvgIpc) is 3.01. The van der Waals surface area contributed by atoms with Crippen LogP contribution in [0.2, 0.25) is 0 Å². The van der Waals surface area contributed by atoms with Gasteiger partial charge in [-0.15, -0.1) is 0 Å². The molecular formula is C15H19N3O4S. The van der Waals surface area contributed by atoms with Crippen LogP contribution in [0.15, 0.2) is 35.4 Å². The van der Waals surface area contributed by atoms with Crippen LogP contribution in [0.25, 0.3) is 0 Å². The number of hydrogen-bond donors (Lipinski definition) is 1. The van der Waals surface area contributed by atoms with Gasteiger partial charge in [0.2, 0.25) is 10.0 Å². The Labute approximate surface area is 135 Å². The second-order valence-corrected chi connectivity index (χ2v) is 7.22. The number of aromatic nitrogens is 2. The summed E-state index contributed by atoms with van der Waals surface area (Å²) in [5, 5.41) is 0. The topological polar surface area (TPSA) is 84.5 Å². The SMILES string of the molecule is COc1ccc(S(=O)(=O)N2CCOC[C@H]2c2ncc(C)[nH]2)cc1. The number of benzene rings is 1. The number of nitrogens with zero attached hydrogens (tertiary/aromatic N) is 2. The van der Waals surface area contributed by atoms with E-state index in [0.717, 1.165) is 5.69 Å². The fraction of sp³-hybridized carbons (Fsp3) is 0.400. The van der Waals surface area contributed by atoms with Crippen LogP contribution in [0, 0.1) is 6.92 Å². The van der Waals surface area contributed by atoms with Crippen molar-refractivity contribution in [3.05, 3.63) is 42.0 Å². The Kier molecular flexibility index (Phi) is 4.38. The molecule has 0 saturated carbocycles. The van der Waals surface area contributed by atoms with E-state index in [2.05, 4.69) is 9.97 Å². The number of sulfonamides is 1. The fourth-order valence-corrected chi connectivity index (χ4v) is 4.14. The summed E-state index contributed by atoms with van der Waals surface area (Å²) in [7, 11) is -2.09. The van der Waals surface area contributed by atoms with Gasteiger partial charge in [-0.3, -0.25) is 0 Å². The van der Waals surface area contributed by atoms with Gasteiger partial charge in [-0.25, -0.2) is 13.4 Å². The first-order chi connectivity index (χ1) is 11.0. The number of H-pyrrole nitrogens is 1. The van der Waals surface area contributed by atoms with Gasteiger partial charge in [-0.2, -0.15) is 4.31 Å². The van der Waals surface area contributed by atoms with Crippen LogP contribution in [0.1, 0.15) is 17.6 Å².